The summed E-state index contributed by atoms with van der Waals surface area (Å²) in [5, 5.41) is 4.10. The molecule has 1 N–H and O–H groups in total. The van der Waals surface area contributed by atoms with Gasteiger partial charge in [0.1, 0.15) is 0 Å². The van der Waals surface area contributed by atoms with Gasteiger partial charge in [-0.3, -0.25) is 4.79 Å². The average Bonchev–Trinajstić information content (AvgIpc) is 2.88. The van der Waals surface area contributed by atoms with Crippen LogP contribution < -0.4 is 5.32 Å². The summed E-state index contributed by atoms with van der Waals surface area (Å²) in [6.07, 6.45) is 2.88. The van der Waals surface area contributed by atoms with E-state index < -0.39 is 0 Å². The van der Waals surface area contributed by atoms with Gasteiger partial charge in [-0.05, 0) is 50.9 Å². The van der Waals surface area contributed by atoms with Crippen molar-refractivity contribution >= 4 is 17.5 Å². The summed E-state index contributed by atoms with van der Waals surface area (Å²) >= 11 is 6.01. The second-order valence-corrected chi connectivity index (χ2v) is 6.18. The first kappa shape index (κ1) is 15.3. The van der Waals surface area contributed by atoms with Crippen molar-refractivity contribution in [1.82, 2.24) is 10.2 Å². The van der Waals surface area contributed by atoms with Crippen LogP contribution in [-0.4, -0.2) is 29.4 Å². The van der Waals surface area contributed by atoms with Crippen LogP contribution in [0.2, 0.25) is 5.02 Å². The van der Waals surface area contributed by atoms with E-state index in [1.807, 2.05) is 29.2 Å². The highest BCUT2D eigenvalue weighted by atomic mass is 35.5. The second-order valence-electron chi connectivity index (χ2n) is 5.74. The quantitative estimate of drug-likeness (QED) is 0.904. The normalized spacial score (nSPS) is 18.5. The zero-order valence-electron chi connectivity index (χ0n) is 12.2. The van der Waals surface area contributed by atoms with Gasteiger partial charge in [-0.1, -0.05) is 23.7 Å². The highest BCUT2D eigenvalue weighted by Gasteiger charge is 2.23. The molecule has 20 heavy (non-hydrogen) atoms. The van der Waals surface area contributed by atoms with E-state index in [9.17, 15) is 4.79 Å². The molecule has 0 saturated carbocycles. The molecule has 2 rings (SSSR count). The minimum atomic E-state index is 0.197. The Morgan fingerprint density at radius 3 is 2.90 bits per heavy atom. The van der Waals surface area contributed by atoms with Crippen molar-refractivity contribution in [3.8, 4) is 0 Å². The standard InChI is InChI=1S/C16H23ClN2O/c1-12(2)19(11-13-5-3-6-14(17)9-13)16(20)10-15-7-4-8-18-15/h3,5-6,9,12,15,18H,4,7-8,10-11H2,1-2H3. The molecule has 1 heterocycles. The minimum Gasteiger partial charge on any atom is -0.336 e. The number of nitrogens with one attached hydrogen (secondary N) is 1. The number of rotatable bonds is 5. The first-order chi connectivity index (χ1) is 9.56. The molecular weight excluding hydrogens is 272 g/mol. The summed E-state index contributed by atoms with van der Waals surface area (Å²) in [5.74, 6) is 0.222. The smallest absolute Gasteiger partial charge is 0.224 e. The summed E-state index contributed by atoms with van der Waals surface area (Å²) in [4.78, 5) is 14.4. The first-order valence-corrected chi connectivity index (χ1v) is 7.71. The van der Waals surface area contributed by atoms with E-state index in [-0.39, 0.29) is 11.9 Å². The molecule has 3 nitrogen and oxygen atoms in total. The van der Waals surface area contributed by atoms with Crippen molar-refractivity contribution in [2.45, 2.75) is 51.7 Å². The van der Waals surface area contributed by atoms with Crippen LogP contribution in [-0.2, 0) is 11.3 Å². The maximum atomic E-state index is 12.5. The maximum Gasteiger partial charge on any atom is 0.224 e. The van der Waals surface area contributed by atoms with Crippen LogP contribution in [0, 0.1) is 0 Å². The van der Waals surface area contributed by atoms with Gasteiger partial charge in [0.05, 0.1) is 0 Å². The molecule has 110 valence electrons. The van der Waals surface area contributed by atoms with E-state index in [2.05, 4.69) is 19.2 Å². The lowest BCUT2D eigenvalue weighted by molar-refractivity contribution is -0.134. The molecule has 0 aliphatic carbocycles. The summed E-state index contributed by atoms with van der Waals surface area (Å²) in [6.45, 7) is 5.78. The van der Waals surface area contributed by atoms with E-state index in [1.165, 1.54) is 6.42 Å². The Labute approximate surface area is 126 Å². The Morgan fingerprint density at radius 1 is 1.50 bits per heavy atom. The van der Waals surface area contributed by atoms with Gasteiger partial charge in [0.2, 0.25) is 5.91 Å². The molecule has 1 aliphatic rings. The van der Waals surface area contributed by atoms with Gasteiger partial charge in [-0.25, -0.2) is 0 Å². The predicted molar refractivity (Wildman–Crippen MR) is 82.8 cm³/mol. The third kappa shape index (κ3) is 4.22. The fraction of sp³-hybridized carbons (Fsp3) is 0.562. The summed E-state index contributed by atoms with van der Waals surface area (Å²) in [6, 6.07) is 8.28. The van der Waals surface area contributed by atoms with E-state index in [0.29, 0.717) is 19.0 Å². The van der Waals surface area contributed by atoms with Crippen molar-refractivity contribution in [3.63, 3.8) is 0 Å². The van der Waals surface area contributed by atoms with E-state index in [1.54, 1.807) is 0 Å². The molecule has 0 aromatic heterocycles. The molecule has 0 spiro atoms. The van der Waals surface area contributed by atoms with Crippen LogP contribution in [0.25, 0.3) is 0 Å². The van der Waals surface area contributed by atoms with E-state index >= 15 is 0 Å². The third-order valence-electron chi connectivity index (χ3n) is 3.77. The Hall–Kier alpha value is -1.06. The van der Waals surface area contributed by atoms with Gasteiger partial charge in [0.15, 0.2) is 0 Å². The van der Waals surface area contributed by atoms with Crippen molar-refractivity contribution in [1.29, 1.82) is 0 Å². The lowest BCUT2D eigenvalue weighted by atomic mass is 10.1. The van der Waals surface area contributed by atoms with Crippen molar-refractivity contribution in [2.75, 3.05) is 6.54 Å². The third-order valence-corrected chi connectivity index (χ3v) is 4.00. The molecular formula is C16H23ClN2O. The average molecular weight is 295 g/mol. The number of benzene rings is 1. The molecule has 0 radical (unpaired) electrons. The number of nitrogens with zero attached hydrogens (tertiary/aromatic N) is 1. The second kappa shape index (κ2) is 7.09. The Morgan fingerprint density at radius 2 is 2.30 bits per heavy atom. The molecule has 1 fully saturated rings. The largest absolute Gasteiger partial charge is 0.336 e. The highest BCUT2D eigenvalue weighted by Crippen LogP contribution is 2.17. The number of hydrogen-bond acceptors (Lipinski definition) is 2. The van der Waals surface area contributed by atoms with Crippen molar-refractivity contribution < 1.29 is 4.79 Å². The number of carbonyl (C=O) groups excluding carboxylic acids is 1. The summed E-state index contributed by atoms with van der Waals surface area (Å²) in [7, 11) is 0. The molecule has 1 aliphatic heterocycles. The highest BCUT2D eigenvalue weighted by molar-refractivity contribution is 6.30. The van der Waals surface area contributed by atoms with Crippen molar-refractivity contribution in [3.05, 3.63) is 34.9 Å². The molecule has 1 amide bonds. The molecule has 1 unspecified atom stereocenters. The van der Waals surface area contributed by atoms with Crippen LogP contribution in [0.1, 0.15) is 38.7 Å². The van der Waals surface area contributed by atoms with Crippen LogP contribution in [0.5, 0.6) is 0 Å². The van der Waals surface area contributed by atoms with Crippen LogP contribution in [0.4, 0.5) is 0 Å². The molecule has 0 bridgehead atoms. The Balaban J connectivity index is 2.00. The van der Waals surface area contributed by atoms with Crippen molar-refractivity contribution in [2.24, 2.45) is 0 Å². The Bertz CT molecular complexity index is 456. The fourth-order valence-electron chi connectivity index (χ4n) is 2.65. The van der Waals surface area contributed by atoms with E-state index in [4.69, 9.17) is 11.6 Å². The molecule has 1 atom stereocenters. The van der Waals surface area contributed by atoms with Gasteiger partial charge < -0.3 is 10.2 Å². The lowest BCUT2D eigenvalue weighted by Crippen LogP contribution is -2.39. The zero-order valence-corrected chi connectivity index (χ0v) is 13.0. The van der Waals surface area contributed by atoms with Crippen LogP contribution in [0.15, 0.2) is 24.3 Å². The number of amides is 1. The number of hydrogen-bond donors (Lipinski definition) is 1. The monoisotopic (exact) mass is 294 g/mol. The first-order valence-electron chi connectivity index (χ1n) is 7.33. The lowest BCUT2D eigenvalue weighted by Gasteiger charge is -2.28. The minimum absolute atomic E-state index is 0.197. The molecule has 4 heteroatoms. The van der Waals surface area contributed by atoms with Gasteiger partial charge in [0, 0.05) is 30.1 Å². The van der Waals surface area contributed by atoms with Gasteiger partial charge in [-0.15, -0.1) is 0 Å². The molecule has 1 saturated heterocycles. The summed E-state index contributed by atoms with van der Waals surface area (Å²) in [5.41, 5.74) is 1.08. The topological polar surface area (TPSA) is 32.3 Å². The SMILES string of the molecule is CC(C)N(Cc1cccc(Cl)c1)C(=O)CC1CCCN1. The summed E-state index contributed by atoms with van der Waals surface area (Å²) < 4.78 is 0. The number of carbonyl (C=O) groups is 1. The zero-order chi connectivity index (χ0) is 14.5. The van der Waals surface area contributed by atoms with Gasteiger partial charge >= 0.3 is 0 Å². The van der Waals surface area contributed by atoms with Crippen LogP contribution >= 0.6 is 11.6 Å². The molecule has 1 aromatic carbocycles. The van der Waals surface area contributed by atoms with Crippen LogP contribution in [0.3, 0.4) is 0 Å². The van der Waals surface area contributed by atoms with Gasteiger partial charge in [-0.2, -0.15) is 0 Å². The van der Waals surface area contributed by atoms with Gasteiger partial charge in [0.25, 0.3) is 0 Å². The maximum absolute atomic E-state index is 12.5. The predicted octanol–water partition coefficient (Wildman–Crippen LogP) is 3.22. The van der Waals surface area contributed by atoms with E-state index in [0.717, 1.165) is 23.6 Å². The Kier molecular flexibility index (Phi) is 5.44. The molecule has 1 aromatic rings. The number of halogens is 1. The fourth-order valence-corrected chi connectivity index (χ4v) is 2.86.